The van der Waals surface area contributed by atoms with Crippen molar-refractivity contribution in [3.63, 3.8) is 0 Å². The van der Waals surface area contributed by atoms with Crippen molar-refractivity contribution < 1.29 is 18.7 Å². The number of amides is 1. The number of benzene rings is 2. The second-order valence-corrected chi connectivity index (χ2v) is 8.51. The summed E-state index contributed by atoms with van der Waals surface area (Å²) in [6, 6.07) is 11.1. The van der Waals surface area contributed by atoms with Crippen molar-refractivity contribution in [1.29, 1.82) is 0 Å². The van der Waals surface area contributed by atoms with E-state index >= 15 is 0 Å². The van der Waals surface area contributed by atoms with Gasteiger partial charge < -0.3 is 20.1 Å². The molecule has 0 radical (unpaired) electrons. The van der Waals surface area contributed by atoms with Crippen molar-refractivity contribution in [1.82, 2.24) is 19.4 Å². The third kappa shape index (κ3) is 7.08. The number of hydrogen-bond acceptors (Lipinski definition) is 7. The molecule has 0 atom stereocenters. The van der Waals surface area contributed by atoms with Crippen LogP contribution in [0.4, 0.5) is 20.8 Å². The van der Waals surface area contributed by atoms with Crippen LogP contribution in [0.5, 0.6) is 5.75 Å². The first kappa shape index (κ1) is 26.7. The van der Waals surface area contributed by atoms with Crippen molar-refractivity contribution >= 4 is 29.3 Å². The maximum atomic E-state index is 14.5. The molecule has 0 fully saturated rings. The molecule has 1 amide bonds. The summed E-state index contributed by atoms with van der Waals surface area (Å²) in [6.07, 6.45) is -0.528. The van der Waals surface area contributed by atoms with Crippen molar-refractivity contribution in [2.75, 3.05) is 19.0 Å². The lowest BCUT2D eigenvalue weighted by molar-refractivity contribution is 0.170. The minimum absolute atomic E-state index is 0.0193. The van der Waals surface area contributed by atoms with E-state index in [1.807, 2.05) is 0 Å². The summed E-state index contributed by atoms with van der Waals surface area (Å²) in [5.74, 6) is -0.578. The first-order valence-electron chi connectivity index (χ1n) is 11.2. The summed E-state index contributed by atoms with van der Waals surface area (Å²) < 4.78 is 26.7. The summed E-state index contributed by atoms with van der Waals surface area (Å²) in [7, 11) is 1.24. The SMILES string of the molecule is COC(=O)NCCCn1c(=O)nc(Nc2ccc(OC(C)C)c(F)c2)n(Cc2ccc(Cl)cc2)c1=O. The molecule has 36 heavy (non-hydrogen) atoms. The zero-order chi connectivity index (χ0) is 26.2. The molecule has 10 nitrogen and oxygen atoms in total. The number of ether oxygens (including phenoxy) is 2. The van der Waals surface area contributed by atoms with Gasteiger partial charge in [0, 0.05) is 29.9 Å². The minimum Gasteiger partial charge on any atom is -0.488 e. The van der Waals surface area contributed by atoms with Gasteiger partial charge in [0.1, 0.15) is 0 Å². The van der Waals surface area contributed by atoms with E-state index in [9.17, 15) is 18.8 Å². The number of nitrogens with one attached hydrogen (secondary N) is 2. The van der Waals surface area contributed by atoms with E-state index < -0.39 is 23.3 Å². The number of rotatable bonds is 10. The van der Waals surface area contributed by atoms with Gasteiger partial charge in [0.2, 0.25) is 5.95 Å². The molecule has 0 unspecified atom stereocenters. The van der Waals surface area contributed by atoms with Crippen LogP contribution in [0.15, 0.2) is 52.1 Å². The molecular weight excluding hydrogens is 493 g/mol. The van der Waals surface area contributed by atoms with Crippen molar-refractivity contribution in [2.45, 2.75) is 39.5 Å². The normalized spacial score (nSPS) is 10.8. The van der Waals surface area contributed by atoms with Gasteiger partial charge in [-0.3, -0.25) is 4.57 Å². The van der Waals surface area contributed by atoms with Gasteiger partial charge >= 0.3 is 17.5 Å². The number of carbonyl (C=O) groups excluding carboxylic acids is 1. The molecule has 1 heterocycles. The Morgan fingerprint density at radius 3 is 2.50 bits per heavy atom. The predicted octanol–water partition coefficient (Wildman–Crippen LogP) is 3.52. The van der Waals surface area contributed by atoms with Crippen molar-refractivity contribution in [3.05, 3.63) is 79.8 Å². The smallest absolute Gasteiger partial charge is 0.406 e. The Labute approximate surface area is 211 Å². The number of halogens is 2. The fourth-order valence-corrected chi connectivity index (χ4v) is 3.41. The molecule has 0 aliphatic rings. The maximum Gasteiger partial charge on any atom is 0.406 e. The van der Waals surface area contributed by atoms with Gasteiger partial charge in [-0.25, -0.2) is 23.3 Å². The number of carbonyl (C=O) groups is 1. The number of anilines is 2. The standard InChI is InChI=1S/C24H27ClFN5O5/c1-15(2)36-20-10-9-18(13-19(20)26)28-21-29-22(32)30(12-4-11-27-23(33)35-3)24(34)31(21)14-16-5-7-17(25)8-6-16/h5-10,13,15H,4,11-12,14H2,1-3H3,(H,27,33)(H,28,29,32). The summed E-state index contributed by atoms with van der Waals surface area (Å²) in [5.41, 5.74) is -0.394. The molecule has 0 bridgehead atoms. The first-order valence-corrected chi connectivity index (χ1v) is 11.6. The molecule has 2 N–H and O–H groups in total. The Kier molecular flexibility index (Phi) is 9.07. The van der Waals surface area contributed by atoms with Gasteiger partial charge in [-0.2, -0.15) is 4.98 Å². The Morgan fingerprint density at radius 2 is 1.86 bits per heavy atom. The molecular formula is C24H27ClFN5O5. The second kappa shape index (κ2) is 12.2. The molecule has 3 rings (SSSR count). The number of hydrogen-bond donors (Lipinski definition) is 2. The highest BCUT2D eigenvalue weighted by molar-refractivity contribution is 6.30. The van der Waals surface area contributed by atoms with Gasteiger partial charge in [-0.15, -0.1) is 0 Å². The van der Waals surface area contributed by atoms with Crippen LogP contribution in [-0.2, 0) is 17.8 Å². The van der Waals surface area contributed by atoms with E-state index in [0.29, 0.717) is 11.4 Å². The van der Waals surface area contributed by atoms with Crippen LogP contribution < -0.4 is 26.7 Å². The van der Waals surface area contributed by atoms with Gasteiger partial charge in [0.05, 0.1) is 19.8 Å². The Balaban J connectivity index is 1.94. The Bertz CT molecular complexity index is 1320. The molecule has 0 spiro atoms. The molecule has 0 saturated heterocycles. The summed E-state index contributed by atoms with van der Waals surface area (Å²) >= 11 is 5.97. The van der Waals surface area contributed by atoms with Crippen LogP contribution >= 0.6 is 11.6 Å². The lowest BCUT2D eigenvalue weighted by Crippen LogP contribution is -2.43. The van der Waals surface area contributed by atoms with Gasteiger partial charge in [0.15, 0.2) is 11.6 Å². The van der Waals surface area contributed by atoms with Crippen LogP contribution in [-0.4, -0.2) is 40.0 Å². The van der Waals surface area contributed by atoms with E-state index in [0.717, 1.165) is 10.1 Å². The Hall–Kier alpha value is -3.86. The molecule has 192 valence electrons. The average Bonchev–Trinajstić information content (AvgIpc) is 2.83. The van der Waals surface area contributed by atoms with Gasteiger partial charge in [-0.05, 0) is 50.1 Å². The van der Waals surface area contributed by atoms with E-state index in [2.05, 4.69) is 20.4 Å². The predicted molar refractivity (Wildman–Crippen MR) is 134 cm³/mol. The third-order valence-corrected chi connectivity index (χ3v) is 5.22. The average molecular weight is 520 g/mol. The maximum absolute atomic E-state index is 14.5. The van der Waals surface area contributed by atoms with Crippen molar-refractivity contribution in [3.8, 4) is 5.75 Å². The summed E-state index contributed by atoms with van der Waals surface area (Å²) in [6.45, 7) is 3.85. The van der Waals surface area contributed by atoms with Crippen LogP contribution in [0, 0.1) is 5.82 Å². The topological polar surface area (TPSA) is 116 Å². The third-order valence-electron chi connectivity index (χ3n) is 4.97. The van der Waals surface area contributed by atoms with E-state index in [-0.39, 0.29) is 43.1 Å². The van der Waals surface area contributed by atoms with Crippen molar-refractivity contribution in [2.24, 2.45) is 0 Å². The monoisotopic (exact) mass is 519 g/mol. The highest BCUT2D eigenvalue weighted by atomic mass is 35.5. The molecule has 12 heteroatoms. The van der Waals surface area contributed by atoms with Crippen LogP contribution in [0.1, 0.15) is 25.8 Å². The van der Waals surface area contributed by atoms with Crippen LogP contribution in [0.3, 0.4) is 0 Å². The molecule has 0 aliphatic heterocycles. The number of methoxy groups -OCH3 is 1. The zero-order valence-corrected chi connectivity index (χ0v) is 20.8. The summed E-state index contributed by atoms with van der Waals surface area (Å²) in [4.78, 5) is 41.3. The fraction of sp³-hybridized carbons (Fsp3) is 0.333. The number of aromatic nitrogens is 3. The largest absolute Gasteiger partial charge is 0.488 e. The zero-order valence-electron chi connectivity index (χ0n) is 20.1. The molecule has 3 aromatic rings. The Morgan fingerprint density at radius 1 is 1.14 bits per heavy atom. The van der Waals surface area contributed by atoms with Gasteiger partial charge in [-0.1, -0.05) is 23.7 Å². The molecule has 0 aliphatic carbocycles. The van der Waals surface area contributed by atoms with E-state index in [4.69, 9.17) is 16.3 Å². The second-order valence-electron chi connectivity index (χ2n) is 8.07. The fourth-order valence-electron chi connectivity index (χ4n) is 3.29. The van der Waals surface area contributed by atoms with E-state index in [1.165, 1.54) is 23.8 Å². The molecule has 1 aromatic heterocycles. The number of alkyl carbamates (subject to hydrolysis) is 1. The van der Waals surface area contributed by atoms with Crippen LogP contribution in [0.25, 0.3) is 0 Å². The first-order chi connectivity index (χ1) is 17.2. The number of nitrogens with zero attached hydrogens (tertiary/aromatic N) is 3. The quantitative estimate of drug-likeness (QED) is 0.394. The lowest BCUT2D eigenvalue weighted by atomic mass is 10.2. The van der Waals surface area contributed by atoms with E-state index in [1.54, 1.807) is 44.2 Å². The minimum atomic E-state index is -0.784. The molecule has 2 aromatic carbocycles. The molecule has 0 saturated carbocycles. The summed E-state index contributed by atoms with van der Waals surface area (Å²) in [5, 5.41) is 5.89. The van der Waals surface area contributed by atoms with Gasteiger partial charge in [0.25, 0.3) is 0 Å². The highest BCUT2D eigenvalue weighted by Gasteiger charge is 2.15. The lowest BCUT2D eigenvalue weighted by Gasteiger charge is -2.16. The van der Waals surface area contributed by atoms with Crippen LogP contribution in [0.2, 0.25) is 5.02 Å². The highest BCUT2D eigenvalue weighted by Crippen LogP contribution is 2.24.